The molecule has 0 aliphatic rings. The third-order valence-corrected chi connectivity index (χ3v) is 5.77. The van der Waals surface area contributed by atoms with Gasteiger partial charge in [-0.3, -0.25) is 19.1 Å². The number of hydrogen-bond donors (Lipinski definition) is 2. The summed E-state index contributed by atoms with van der Waals surface area (Å²) < 4.78 is 17.7. The molecule has 3 rings (SSSR count). The number of H-pyrrole nitrogens is 1. The van der Waals surface area contributed by atoms with Crippen LogP contribution < -0.4 is 31.4 Å². The fraction of sp³-hybridized carbons (Fsp3) is 0.360. The molecule has 1 aromatic carbocycles. The molecule has 2 aromatic heterocycles. The number of aromatic nitrogens is 3. The smallest absolute Gasteiger partial charge is 0.330 e. The van der Waals surface area contributed by atoms with Crippen LogP contribution in [-0.4, -0.2) is 34.8 Å². The van der Waals surface area contributed by atoms with Gasteiger partial charge in [0.25, 0.3) is 11.5 Å². The van der Waals surface area contributed by atoms with E-state index >= 15 is 0 Å². The summed E-state index contributed by atoms with van der Waals surface area (Å²) in [6.07, 6.45) is 4.42. The normalized spacial score (nSPS) is 11.1. The highest BCUT2D eigenvalue weighted by atomic mass is 16.5. The number of aryl methyl sites for hydroxylation is 2. The molecule has 3 N–H and O–H groups in total. The summed E-state index contributed by atoms with van der Waals surface area (Å²) in [5, 5.41) is 3.92. The van der Waals surface area contributed by atoms with Gasteiger partial charge in [0.05, 0.1) is 18.4 Å². The molecule has 1 amide bonds. The summed E-state index contributed by atoms with van der Waals surface area (Å²) in [5.74, 6) is 1.14. The molecule has 0 spiro atoms. The van der Waals surface area contributed by atoms with Crippen LogP contribution in [0.5, 0.6) is 11.5 Å². The maximum Gasteiger partial charge on any atom is 0.330 e. The van der Waals surface area contributed by atoms with Gasteiger partial charge >= 0.3 is 5.69 Å². The van der Waals surface area contributed by atoms with E-state index in [2.05, 4.69) is 10.1 Å². The Hall–Kier alpha value is -4.28. The Kier molecular flexibility index (Phi) is 8.36. The number of methoxy groups -OCH3 is 1. The number of nitrogens with one attached hydrogen (secondary N) is 1. The van der Waals surface area contributed by atoms with Gasteiger partial charge in [0.1, 0.15) is 18.2 Å². The van der Waals surface area contributed by atoms with Crippen molar-refractivity contribution in [1.82, 2.24) is 14.7 Å². The van der Waals surface area contributed by atoms with E-state index in [1.165, 1.54) is 24.8 Å². The zero-order valence-electron chi connectivity index (χ0n) is 21.1. The summed E-state index contributed by atoms with van der Waals surface area (Å²) in [6, 6.07) is 5.22. The number of aromatic amines is 1. The minimum Gasteiger partial charge on any atom is -0.493 e. The molecule has 3 aromatic rings. The second kappa shape index (κ2) is 11.4. The highest BCUT2D eigenvalue weighted by Gasteiger charge is 2.19. The average molecular weight is 498 g/mol. The molecule has 0 aliphatic carbocycles. The first-order valence-electron chi connectivity index (χ1n) is 11.5. The van der Waals surface area contributed by atoms with Crippen LogP contribution in [0.4, 0.5) is 11.5 Å². The van der Waals surface area contributed by atoms with Crippen LogP contribution in [-0.2, 0) is 17.9 Å². The van der Waals surface area contributed by atoms with Crippen molar-refractivity contribution in [3.05, 3.63) is 67.7 Å². The second-order valence-electron chi connectivity index (χ2n) is 8.23. The van der Waals surface area contributed by atoms with Crippen LogP contribution in [0.15, 0.2) is 38.4 Å². The Morgan fingerprint density at radius 1 is 1.28 bits per heavy atom. The highest BCUT2D eigenvalue weighted by molar-refractivity contribution is 6.04. The molecule has 11 heteroatoms. The van der Waals surface area contributed by atoms with Gasteiger partial charge in [-0.2, -0.15) is 0 Å². The number of nitrogens with two attached hydrogens (primary N) is 1. The Morgan fingerprint density at radius 3 is 2.67 bits per heavy atom. The first-order valence-corrected chi connectivity index (χ1v) is 11.5. The van der Waals surface area contributed by atoms with Crippen molar-refractivity contribution in [2.75, 3.05) is 24.8 Å². The maximum atomic E-state index is 12.8. The number of likely N-dealkylation sites (N-methyl/N-ethyl adjacent to an activating group) is 1. The summed E-state index contributed by atoms with van der Waals surface area (Å²) in [5.41, 5.74) is 6.98. The van der Waals surface area contributed by atoms with Crippen molar-refractivity contribution >= 4 is 23.5 Å². The summed E-state index contributed by atoms with van der Waals surface area (Å²) in [7, 11) is 2.95. The van der Waals surface area contributed by atoms with Crippen LogP contribution >= 0.6 is 0 Å². The number of benzene rings is 1. The zero-order valence-corrected chi connectivity index (χ0v) is 21.1. The number of ether oxygens (including phenoxy) is 2. The topological polar surface area (TPSA) is 146 Å². The minimum atomic E-state index is -0.726. The van der Waals surface area contributed by atoms with Crippen LogP contribution in [0.3, 0.4) is 0 Å². The number of amides is 1. The lowest BCUT2D eigenvalue weighted by atomic mass is 10.1. The van der Waals surface area contributed by atoms with Crippen molar-refractivity contribution in [1.29, 1.82) is 0 Å². The number of nitrogen functional groups attached to an aromatic ring is 1. The van der Waals surface area contributed by atoms with Gasteiger partial charge in [-0.25, -0.2) is 4.79 Å². The lowest BCUT2D eigenvalue weighted by molar-refractivity contribution is -0.113. The van der Waals surface area contributed by atoms with Crippen molar-refractivity contribution in [2.45, 2.75) is 46.8 Å². The summed E-state index contributed by atoms with van der Waals surface area (Å²) in [6.45, 7) is 6.25. The fourth-order valence-electron chi connectivity index (χ4n) is 3.59. The molecule has 0 saturated carbocycles. The highest BCUT2D eigenvalue weighted by Crippen LogP contribution is 2.30. The van der Waals surface area contributed by atoms with Crippen LogP contribution in [0, 0.1) is 13.8 Å². The predicted molar refractivity (Wildman–Crippen MR) is 136 cm³/mol. The lowest BCUT2D eigenvalue weighted by Crippen LogP contribution is -2.38. The van der Waals surface area contributed by atoms with E-state index in [0.717, 1.165) is 22.6 Å². The van der Waals surface area contributed by atoms with Crippen molar-refractivity contribution < 1.29 is 18.8 Å². The number of hydrogen-bond acceptors (Lipinski definition) is 8. The lowest BCUT2D eigenvalue weighted by Gasteiger charge is -2.19. The summed E-state index contributed by atoms with van der Waals surface area (Å²) in [4.78, 5) is 40.7. The van der Waals surface area contributed by atoms with Gasteiger partial charge in [-0.1, -0.05) is 24.6 Å². The minimum absolute atomic E-state index is 0.0529. The van der Waals surface area contributed by atoms with Gasteiger partial charge in [0.15, 0.2) is 17.2 Å². The largest absolute Gasteiger partial charge is 0.493 e. The van der Waals surface area contributed by atoms with E-state index in [9.17, 15) is 14.4 Å². The predicted octanol–water partition coefficient (Wildman–Crippen LogP) is 2.79. The molecule has 36 heavy (non-hydrogen) atoms. The van der Waals surface area contributed by atoms with Gasteiger partial charge < -0.3 is 24.6 Å². The third-order valence-electron chi connectivity index (χ3n) is 5.77. The molecule has 0 atom stereocenters. The first kappa shape index (κ1) is 26.3. The number of anilines is 2. The molecule has 0 saturated heterocycles. The molecular formula is C25H31N5O6. The number of carbonyl (C=O) groups excluding carboxylic acids is 1. The number of unbranched alkanes of at least 4 members (excludes halogenated alkanes) is 1. The standard InChI is InChI=1S/C25H31N5O6/c1-6-7-12-30-23(26)22(24(32)27-25(30)33)29(4)21(31)11-9-17-8-10-19(20(13-17)34-5)35-14-18-15(2)28-36-16(18)3/h8-11,13H,6-7,12,14,26H2,1-5H3,(H,27,32,33)/b11-9+. The van der Waals surface area contributed by atoms with E-state index in [4.69, 9.17) is 19.7 Å². The van der Waals surface area contributed by atoms with E-state index in [1.807, 2.05) is 20.8 Å². The van der Waals surface area contributed by atoms with Crippen LogP contribution in [0.25, 0.3) is 6.08 Å². The molecule has 11 nitrogen and oxygen atoms in total. The van der Waals surface area contributed by atoms with Gasteiger partial charge in [-0.05, 0) is 44.0 Å². The Balaban J connectivity index is 1.78. The second-order valence-corrected chi connectivity index (χ2v) is 8.23. The Morgan fingerprint density at radius 2 is 2.03 bits per heavy atom. The van der Waals surface area contributed by atoms with Gasteiger partial charge in [0.2, 0.25) is 0 Å². The molecular weight excluding hydrogens is 466 g/mol. The molecule has 0 unspecified atom stereocenters. The molecule has 0 fully saturated rings. The number of carbonyl (C=O) groups is 1. The fourth-order valence-corrected chi connectivity index (χ4v) is 3.59. The Bertz CT molecular complexity index is 1370. The van der Waals surface area contributed by atoms with Gasteiger partial charge in [0, 0.05) is 19.7 Å². The average Bonchev–Trinajstić information content (AvgIpc) is 3.17. The Labute approximate surface area is 208 Å². The quantitative estimate of drug-likeness (QED) is 0.407. The number of rotatable bonds is 10. The van der Waals surface area contributed by atoms with Crippen molar-refractivity contribution in [3.63, 3.8) is 0 Å². The SMILES string of the molecule is CCCCn1c(N)c(N(C)C(=O)/C=C/c2ccc(OCc3c(C)noc3C)c(OC)c2)c(=O)[nH]c1=O. The zero-order chi connectivity index (χ0) is 26.4. The molecule has 2 heterocycles. The van der Waals surface area contributed by atoms with Crippen molar-refractivity contribution in [2.24, 2.45) is 0 Å². The van der Waals surface area contributed by atoms with E-state index in [-0.39, 0.29) is 18.1 Å². The third kappa shape index (κ3) is 5.68. The van der Waals surface area contributed by atoms with Gasteiger partial charge in [-0.15, -0.1) is 0 Å². The number of nitrogens with zero attached hydrogens (tertiary/aromatic N) is 3. The molecule has 0 aliphatic heterocycles. The van der Waals surface area contributed by atoms with E-state index in [1.54, 1.807) is 24.3 Å². The van der Waals surface area contributed by atoms with Crippen LogP contribution in [0.1, 0.15) is 42.3 Å². The monoisotopic (exact) mass is 497 g/mol. The maximum absolute atomic E-state index is 12.8. The molecule has 192 valence electrons. The van der Waals surface area contributed by atoms with Crippen molar-refractivity contribution in [3.8, 4) is 11.5 Å². The first-order chi connectivity index (χ1) is 17.2. The summed E-state index contributed by atoms with van der Waals surface area (Å²) >= 11 is 0. The van der Waals surface area contributed by atoms with E-state index in [0.29, 0.717) is 35.8 Å². The molecule has 0 bridgehead atoms. The van der Waals surface area contributed by atoms with E-state index < -0.39 is 17.2 Å². The van der Waals surface area contributed by atoms with Crippen LogP contribution in [0.2, 0.25) is 0 Å². The molecule has 0 radical (unpaired) electrons.